The van der Waals surface area contributed by atoms with E-state index in [-0.39, 0.29) is 10.7 Å². The second kappa shape index (κ2) is 4.12. The van der Waals surface area contributed by atoms with Gasteiger partial charge in [-0.05, 0) is 12.1 Å². The minimum absolute atomic E-state index is 0.214. The van der Waals surface area contributed by atoms with Gasteiger partial charge in [-0.25, -0.2) is 0 Å². The van der Waals surface area contributed by atoms with Crippen molar-refractivity contribution in [2.24, 2.45) is 0 Å². The molecule has 3 aromatic rings. The van der Waals surface area contributed by atoms with Crippen LogP contribution in [0.15, 0.2) is 35.1 Å². The molecule has 7 heteroatoms. The number of aromatic amines is 1. The van der Waals surface area contributed by atoms with Crippen LogP contribution in [0, 0.1) is 0 Å². The molecule has 18 heavy (non-hydrogen) atoms. The Kier molecular flexibility index (Phi) is 2.57. The van der Waals surface area contributed by atoms with Crippen molar-refractivity contribution in [2.75, 3.05) is 0 Å². The molecule has 0 amide bonds. The summed E-state index contributed by atoms with van der Waals surface area (Å²) >= 11 is 11.9. The maximum absolute atomic E-state index is 11.9. The average Bonchev–Trinajstić information content (AvgIpc) is 2.70. The fourth-order valence-corrected chi connectivity index (χ4v) is 2.05. The molecule has 1 aromatic carbocycles. The number of halogens is 2. The highest BCUT2D eigenvalue weighted by atomic mass is 35.5. The van der Waals surface area contributed by atoms with Gasteiger partial charge in [0.25, 0.3) is 5.56 Å². The van der Waals surface area contributed by atoms with Crippen LogP contribution in [0.3, 0.4) is 0 Å². The van der Waals surface area contributed by atoms with Gasteiger partial charge >= 0.3 is 0 Å². The predicted octanol–water partition coefficient (Wildman–Crippen LogP) is 2.42. The summed E-state index contributed by atoms with van der Waals surface area (Å²) < 4.78 is 1.20. The number of nitrogens with one attached hydrogen (secondary N) is 1. The Bertz CT molecular complexity index is 793. The Morgan fingerprint density at radius 1 is 1.22 bits per heavy atom. The lowest BCUT2D eigenvalue weighted by Gasteiger charge is -2.05. The van der Waals surface area contributed by atoms with Crippen molar-refractivity contribution in [2.45, 2.75) is 0 Å². The van der Waals surface area contributed by atoms with Gasteiger partial charge in [0.15, 0.2) is 5.15 Å². The molecule has 0 fully saturated rings. The Hall–Kier alpha value is -1.85. The fraction of sp³-hybridized carbons (Fsp3) is 0. The molecule has 0 aliphatic rings. The van der Waals surface area contributed by atoms with E-state index in [1.165, 1.54) is 10.7 Å². The molecule has 90 valence electrons. The zero-order valence-electron chi connectivity index (χ0n) is 8.89. The molecule has 0 radical (unpaired) electrons. The number of rotatable bonds is 1. The average molecular weight is 281 g/mol. The highest BCUT2D eigenvalue weighted by Crippen LogP contribution is 2.20. The van der Waals surface area contributed by atoms with Gasteiger partial charge in [0, 0.05) is 6.07 Å². The van der Waals surface area contributed by atoms with Crippen LogP contribution in [-0.2, 0) is 0 Å². The van der Waals surface area contributed by atoms with Crippen molar-refractivity contribution in [1.82, 2.24) is 20.0 Å². The molecule has 1 N–H and O–H groups in total. The number of fused-ring (bicyclic) bond motifs is 1. The van der Waals surface area contributed by atoms with Crippen LogP contribution < -0.4 is 5.56 Å². The summed E-state index contributed by atoms with van der Waals surface area (Å²) in [6, 6.07) is 8.32. The molecule has 0 bridgehead atoms. The van der Waals surface area contributed by atoms with Gasteiger partial charge in [-0.15, -0.1) is 0 Å². The maximum Gasteiger partial charge on any atom is 0.273 e. The van der Waals surface area contributed by atoms with E-state index >= 15 is 0 Å². The van der Waals surface area contributed by atoms with E-state index in [0.29, 0.717) is 21.7 Å². The first-order valence-corrected chi connectivity index (χ1v) is 5.81. The van der Waals surface area contributed by atoms with E-state index < -0.39 is 0 Å². The molecular formula is C11H6Cl2N4O. The zero-order valence-corrected chi connectivity index (χ0v) is 10.4. The third kappa shape index (κ3) is 1.68. The molecule has 0 aliphatic carbocycles. The highest BCUT2D eigenvalue weighted by Gasteiger charge is 2.11. The summed E-state index contributed by atoms with van der Waals surface area (Å²) in [7, 11) is 0. The first-order chi connectivity index (χ1) is 8.66. The Balaban J connectivity index is 2.36. The first kappa shape index (κ1) is 11.3. The Morgan fingerprint density at radius 3 is 2.78 bits per heavy atom. The molecule has 2 heterocycles. The van der Waals surface area contributed by atoms with Crippen LogP contribution in [0.5, 0.6) is 0 Å². The minimum atomic E-state index is -0.309. The number of para-hydroxylation sites is 1. The number of benzene rings is 1. The molecule has 3 rings (SSSR count). The van der Waals surface area contributed by atoms with E-state index in [1.54, 1.807) is 24.3 Å². The van der Waals surface area contributed by atoms with Crippen LogP contribution in [0.1, 0.15) is 0 Å². The van der Waals surface area contributed by atoms with Gasteiger partial charge in [0.05, 0.1) is 16.2 Å². The number of aromatic nitrogens is 4. The maximum atomic E-state index is 11.9. The molecule has 0 aliphatic heterocycles. The summed E-state index contributed by atoms with van der Waals surface area (Å²) in [5, 5.41) is 11.2. The zero-order chi connectivity index (χ0) is 12.7. The topological polar surface area (TPSA) is 63.6 Å². The number of hydrogen-bond donors (Lipinski definition) is 1. The summed E-state index contributed by atoms with van der Waals surface area (Å²) in [4.78, 5) is 11.9. The quantitative estimate of drug-likeness (QED) is 0.745. The minimum Gasteiger partial charge on any atom is -0.274 e. The van der Waals surface area contributed by atoms with E-state index in [1.807, 2.05) is 0 Å². The molecule has 0 atom stereocenters. The van der Waals surface area contributed by atoms with Gasteiger partial charge in [-0.1, -0.05) is 35.3 Å². The number of nitrogens with zero attached hydrogens (tertiary/aromatic N) is 3. The van der Waals surface area contributed by atoms with Crippen molar-refractivity contribution in [3.63, 3.8) is 0 Å². The smallest absolute Gasteiger partial charge is 0.273 e. The predicted molar refractivity (Wildman–Crippen MR) is 69.5 cm³/mol. The molecule has 0 spiro atoms. The lowest BCUT2D eigenvalue weighted by atomic mass is 10.3. The summed E-state index contributed by atoms with van der Waals surface area (Å²) in [5.74, 6) is 0. The molecule has 2 aromatic heterocycles. The molecule has 0 unspecified atom stereocenters. The van der Waals surface area contributed by atoms with Gasteiger partial charge in [0.2, 0.25) is 0 Å². The van der Waals surface area contributed by atoms with Gasteiger partial charge in [0.1, 0.15) is 5.52 Å². The second-order valence-corrected chi connectivity index (χ2v) is 4.39. The SMILES string of the molecule is O=c1cc2[nH]nc(Cl)c2nn1-c1ccccc1Cl. The lowest BCUT2D eigenvalue weighted by Crippen LogP contribution is -2.20. The molecule has 5 nitrogen and oxygen atoms in total. The third-order valence-electron chi connectivity index (χ3n) is 2.48. The van der Waals surface area contributed by atoms with Crippen LogP contribution in [0.25, 0.3) is 16.7 Å². The Labute approximate surface area is 111 Å². The number of H-pyrrole nitrogens is 1. The Morgan fingerprint density at radius 2 is 2.00 bits per heavy atom. The number of hydrogen-bond acceptors (Lipinski definition) is 3. The van der Waals surface area contributed by atoms with E-state index in [2.05, 4.69) is 15.3 Å². The van der Waals surface area contributed by atoms with E-state index in [0.717, 1.165) is 0 Å². The third-order valence-corrected chi connectivity index (χ3v) is 3.07. The molecule has 0 saturated heterocycles. The molecular weight excluding hydrogens is 275 g/mol. The van der Waals surface area contributed by atoms with Gasteiger partial charge in [-0.2, -0.15) is 14.9 Å². The fourth-order valence-electron chi connectivity index (χ4n) is 1.65. The van der Waals surface area contributed by atoms with Crippen molar-refractivity contribution in [3.05, 3.63) is 50.9 Å². The standard InChI is InChI=1S/C11H6Cl2N4O/c12-6-3-1-2-4-8(6)17-9(18)5-7-10(16-17)11(13)15-14-7/h1-5,14H. The van der Waals surface area contributed by atoms with Crippen LogP contribution in [0.4, 0.5) is 0 Å². The van der Waals surface area contributed by atoms with Crippen LogP contribution in [-0.4, -0.2) is 20.0 Å². The van der Waals surface area contributed by atoms with E-state index in [4.69, 9.17) is 23.2 Å². The van der Waals surface area contributed by atoms with Crippen LogP contribution >= 0.6 is 23.2 Å². The largest absolute Gasteiger partial charge is 0.274 e. The summed E-state index contributed by atoms with van der Waals surface area (Å²) in [6.45, 7) is 0. The van der Waals surface area contributed by atoms with E-state index in [9.17, 15) is 4.79 Å². The normalized spacial score (nSPS) is 11.0. The summed E-state index contributed by atoms with van der Waals surface area (Å²) in [6.07, 6.45) is 0. The monoisotopic (exact) mass is 280 g/mol. The van der Waals surface area contributed by atoms with Crippen molar-refractivity contribution >= 4 is 34.2 Å². The van der Waals surface area contributed by atoms with Crippen molar-refractivity contribution in [3.8, 4) is 5.69 Å². The first-order valence-electron chi connectivity index (χ1n) is 5.05. The van der Waals surface area contributed by atoms with Crippen molar-refractivity contribution in [1.29, 1.82) is 0 Å². The second-order valence-electron chi connectivity index (χ2n) is 3.62. The van der Waals surface area contributed by atoms with Crippen LogP contribution in [0.2, 0.25) is 10.2 Å². The van der Waals surface area contributed by atoms with Gasteiger partial charge in [-0.3, -0.25) is 9.89 Å². The highest BCUT2D eigenvalue weighted by molar-refractivity contribution is 6.33. The lowest BCUT2D eigenvalue weighted by molar-refractivity contribution is 0.832. The summed E-state index contributed by atoms with van der Waals surface area (Å²) in [5.41, 5.74) is 1.11. The van der Waals surface area contributed by atoms with Gasteiger partial charge < -0.3 is 0 Å². The van der Waals surface area contributed by atoms with Crippen molar-refractivity contribution < 1.29 is 0 Å². The molecule has 0 saturated carbocycles.